The first-order valence-corrected chi connectivity index (χ1v) is 9.79. The minimum Gasteiger partial charge on any atom is -0.452 e. The first kappa shape index (κ1) is 20.9. The number of nitrogens with one attached hydrogen (secondary N) is 1. The summed E-state index contributed by atoms with van der Waals surface area (Å²) >= 11 is 5.88. The number of carbonyl (C=O) groups is 2. The van der Waals surface area contributed by atoms with Crippen molar-refractivity contribution in [1.82, 2.24) is 9.62 Å². The van der Waals surface area contributed by atoms with Crippen molar-refractivity contribution in [3.05, 3.63) is 64.7 Å². The third-order valence-corrected chi connectivity index (χ3v) is 5.64. The molecule has 0 bridgehead atoms. The Morgan fingerprint density at radius 1 is 1.15 bits per heavy atom. The molecular formula is C18H19ClN2O5S. The van der Waals surface area contributed by atoms with Crippen molar-refractivity contribution in [2.75, 3.05) is 20.7 Å². The highest BCUT2D eigenvalue weighted by Crippen LogP contribution is 2.22. The van der Waals surface area contributed by atoms with E-state index in [1.54, 1.807) is 7.05 Å². The number of nitrogens with zero attached hydrogens (tertiary/aromatic N) is 1. The summed E-state index contributed by atoms with van der Waals surface area (Å²) in [6.45, 7) is -0.0817. The number of ether oxygens (including phenoxy) is 1. The maximum atomic E-state index is 12.2. The van der Waals surface area contributed by atoms with Crippen LogP contribution in [0, 0.1) is 0 Å². The van der Waals surface area contributed by atoms with Gasteiger partial charge in [-0.15, -0.1) is 0 Å². The third kappa shape index (κ3) is 5.53. The van der Waals surface area contributed by atoms with E-state index < -0.39 is 22.6 Å². The quantitative estimate of drug-likeness (QED) is 0.705. The zero-order valence-corrected chi connectivity index (χ0v) is 16.4. The molecule has 2 aromatic rings. The van der Waals surface area contributed by atoms with Crippen LogP contribution >= 0.6 is 11.6 Å². The molecule has 144 valence electrons. The van der Waals surface area contributed by atoms with Crippen molar-refractivity contribution < 1.29 is 22.7 Å². The van der Waals surface area contributed by atoms with Gasteiger partial charge >= 0.3 is 5.97 Å². The maximum absolute atomic E-state index is 12.2. The second-order valence-corrected chi connectivity index (χ2v) is 7.93. The number of amides is 1. The molecule has 0 spiro atoms. The standard InChI is InChI=1S/C18H19ClN2O5S/c1-20-27(24,25)16-10-14(8-9-15(16)19)18(23)26-12-17(22)21(2)11-13-6-4-3-5-7-13/h3-10,20H,11-12H2,1-2H3. The zero-order chi connectivity index (χ0) is 20.0. The highest BCUT2D eigenvalue weighted by atomic mass is 35.5. The van der Waals surface area contributed by atoms with E-state index in [1.807, 2.05) is 30.3 Å². The lowest BCUT2D eigenvalue weighted by atomic mass is 10.2. The van der Waals surface area contributed by atoms with Gasteiger partial charge in [0.25, 0.3) is 5.91 Å². The highest BCUT2D eigenvalue weighted by molar-refractivity contribution is 7.89. The van der Waals surface area contributed by atoms with Crippen molar-refractivity contribution in [1.29, 1.82) is 0 Å². The largest absolute Gasteiger partial charge is 0.452 e. The van der Waals surface area contributed by atoms with Crippen LogP contribution in [0.25, 0.3) is 0 Å². The highest BCUT2D eigenvalue weighted by Gasteiger charge is 2.20. The van der Waals surface area contributed by atoms with Gasteiger partial charge in [-0.25, -0.2) is 17.9 Å². The van der Waals surface area contributed by atoms with Crippen LogP contribution in [0.4, 0.5) is 0 Å². The molecule has 27 heavy (non-hydrogen) atoms. The summed E-state index contributed by atoms with van der Waals surface area (Å²) in [5.74, 6) is -1.20. The molecule has 0 aliphatic carbocycles. The summed E-state index contributed by atoms with van der Waals surface area (Å²) in [5, 5.41) is -0.0282. The lowest BCUT2D eigenvalue weighted by Crippen LogP contribution is -2.30. The smallest absolute Gasteiger partial charge is 0.338 e. The molecule has 0 saturated heterocycles. The summed E-state index contributed by atoms with van der Waals surface area (Å²) in [6.07, 6.45) is 0. The molecule has 0 aromatic heterocycles. The van der Waals surface area contributed by atoms with Gasteiger partial charge in [0.05, 0.1) is 10.6 Å². The van der Waals surface area contributed by atoms with Gasteiger partial charge in [-0.2, -0.15) is 0 Å². The molecule has 0 heterocycles. The Hall–Kier alpha value is -2.42. The normalized spacial score (nSPS) is 11.1. The predicted molar refractivity (Wildman–Crippen MR) is 101 cm³/mol. The van der Waals surface area contributed by atoms with E-state index in [1.165, 1.54) is 24.1 Å². The first-order valence-electron chi connectivity index (χ1n) is 7.92. The van der Waals surface area contributed by atoms with E-state index in [2.05, 4.69) is 4.72 Å². The maximum Gasteiger partial charge on any atom is 0.338 e. The number of esters is 1. The van der Waals surface area contributed by atoms with E-state index >= 15 is 0 Å². The third-order valence-electron chi connectivity index (χ3n) is 3.74. The summed E-state index contributed by atoms with van der Waals surface area (Å²) in [7, 11) is -0.995. The molecule has 0 unspecified atom stereocenters. The molecule has 1 amide bonds. The molecule has 0 aliphatic heterocycles. The summed E-state index contributed by atoms with van der Waals surface area (Å²) in [5.41, 5.74) is 0.922. The Morgan fingerprint density at radius 2 is 1.81 bits per heavy atom. The van der Waals surface area contributed by atoms with Crippen LogP contribution in [0.15, 0.2) is 53.4 Å². The molecule has 9 heteroatoms. The fraction of sp³-hybridized carbons (Fsp3) is 0.222. The van der Waals surface area contributed by atoms with E-state index in [0.29, 0.717) is 6.54 Å². The van der Waals surface area contributed by atoms with Gasteiger partial charge < -0.3 is 9.64 Å². The van der Waals surface area contributed by atoms with E-state index in [4.69, 9.17) is 16.3 Å². The van der Waals surface area contributed by atoms with Crippen LogP contribution in [-0.4, -0.2) is 45.9 Å². The number of benzene rings is 2. The Labute approximate surface area is 162 Å². The Kier molecular flexibility index (Phi) is 6.95. The first-order chi connectivity index (χ1) is 12.7. The van der Waals surface area contributed by atoms with Gasteiger partial charge in [-0.3, -0.25) is 4.79 Å². The topological polar surface area (TPSA) is 92.8 Å². The fourth-order valence-electron chi connectivity index (χ4n) is 2.21. The van der Waals surface area contributed by atoms with E-state index in [0.717, 1.165) is 11.6 Å². The summed E-state index contributed by atoms with van der Waals surface area (Å²) in [6, 6.07) is 13.1. The van der Waals surface area contributed by atoms with Crippen LogP contribution in [0.3, 0.4) is 0 Å². The number of likely N-dealkylation sites (N-methyl/N-ethyl adjacent to an activating group) is 1. The monoisotopic (exact) mass is 410 g/mol. The number of hydrogen-bond donors (Lipinski definition) is 1. The van der Waals surface area contributed by atoms with Crippen molar-refractivity contribution >= 4 is 33.5 Å². The van der Waals surface area contributed by atoms with Crippen molar-refractivity contribution in [3.8, 4) is 0 Å². The number of rotatable bonds is 7. The van der Waals surface area contributed by atoms with Gasteiger partial charge in [0.15, 0.2) is 6.61 Å². The van der Waals surface area contributed by atoms with Crippen molar-refractivity contribution in [3.63, 3.8) is 0 Å². The van der Waals surface area contributed by atoms with Gasteiger partial charge in [0.1, 0.15) is 4.90 Å². The molecule has 0 radical (unpaired) electrons. The number of carbonyl (C=O) groups excluding carboxylic acids is 2. The molecule has 7 nitrogen and oxygen atoms in total. The van der Waals surface area contributed by atoms with Gasteiger partial charge in [-0.1, -0.05) is 41.9 Å². The van der Waals surface area contributed by atoms with Crippen molar-refractivity contribution in [2.45, 2.75) is 11.4 Å². The van der Waals surface area contributed by atoms with Crippen LogP contribution < -0.4 is 4.72 Å². The second-order valence-electron chi connectivity index (χ2n) is 5.66. The van der Waals surface area contributed by atoms with Crippen LogP contribution in [0.5, 0.6) is 0 Å². The minimum atomic E-state index is -3.83. The average Bonchev–Trinajstić information content (AvgIpc) is 2.66. The number of sulfonamides is 1. The Morgan fingerprint density at radius 3 is 2.44 bits per heavy atom. The second kappa shape index (κ2) is 8.98. The minimum absolute atomic E-state index is 0.0215. The van der Waals surface area contributed by atoms with Gasteiger partial charge in [0.2, 0.25) is 10.0 Å². The van der Waals surface area contributed by atoms with E-state index in [-0.39, 0.29) is 21.4 Å². The lowest BCUT2D eigenvalue weighted by molar-refractivity contribution is -0.133. The number of halogens is 1. The van der Waals surface area contributed by atoms with Crippen LogP contribution in [-0.2, 0) is 26.1 Å². The zero-order valence-electron chi connectivity index (χ0n) is 14.8. The summed E-state index contributed by atoms with van der Waals surface area (Å²) in [4.78, 5) is 25.5. The molecule has 0 fully saturated rings. The van der Waals surface area contributed by atoms with Gasteiger partial charge in [0, 0.05) is 13.6 Å². The van der Waals surface area contributed by atoms with Gasteiger partial charge in [-0.05, 0) is 30.8 Å². The van der Waals surface area contributed by atoms with Crippen LogP contribution in [0.1, 0.15) is 15.9 Å². The molecule has 0 aliphatic rings. The van der Waals surface area contributed by atoms with Crippen LogP contribution in [0.2, 0.25) is 5.02 Å². The number of hydrogen-bond acceptors (Lipinski definition) is 5. The SMILES string of the molecule is CNS(=O)(=O)c1cc(C(=O)OCC(=O)N(C)Cc2ccccc2)ccc1Cl. The molecule has 0 atom stereocenters. The Bertz CT molecular complexity index is 932. The lowest BCUT2D eigenvalue weighted by Gasteiger charge is -2.17. The molecule has 0 saturated carbocycles. The molecular weight excluding hydrogens is 392 g/mol. The Balaban J connectivity index is 2.01. The average molecular weight is 411 g/mol. The van der Waals surface area contributed by atoms with E-state index in [9.17, 15) is 18.0 Å². The predicted octanol–water partition coefficient (Wildman–Crippen LogP) is 2.06. The molecule has 2 aromatic carbocycles. The fourth-order valence-corrected chi connectivity index (χ4v) is 3.46. The molecule has 1 N–H and O–H groups in total. The van der Waals surface area contributed by atoms with Crippen molar-refractivity contribution in [2.24, 2.45) is 0 Å². The molecule has 2 rings (SSSR count). The summed E-state index contributed by atoms with van der Waals surface area (Å²) < 4.78 is 31.0.